The molecule has 0 unspecified atom stereocenters. The molecule has 2 rings (SSSR count). The number of hydrogen-bond donors (Lipinski definition) is 2. The summed E-state index contributed by atoms with van der Waals surface area (Å²) in [6, 6.07) is 6.84. The Morgan fingerprint density at radius 1 is 1.12 bits per heavy atom. The summed E-state index contributed by atoms with van der Waals surface area (Å²) in [6.45, 7) is 2.11. The lowest BCUT2D eigenvalue weighted by Gasteiger charge is -2.25. The predicted octanol–water partition coefficient (Wildman–Crippen LogP) is 1.29. The lowest BCUT2D eigenvalue weighted by molar-refractivity contribution is -0.121. The number of nitrogens with two attached hydrogens (primary N) is 1. The fourth-order valence-corrected chi connectivity index (χ4v) is 4.16. The molecular weight excluding hydrogens is 350 g/mol. The first-order valence-corrected chi connectivity index (χ1v) is 9.54. The van der Waals surface area contributed by atoms with E-state index in [-0.39, 0.29) is 18.3 Å². The summed E-state index contributed by atoms with van der Waals surface area (Å²) in [7, 11) is -3.38. The maximum absolute atomic E-state index is 12.5. The molecule has 0 radical (unpaired) electrons. The van der Waals surface area contributed by atoms with Crippen LogP contribution >= 0.6 is 12.4 Å². The summed E-state index contributed by atoms with van der Waals surface area (Å²) in [5, 5.41) is 2.71. The molecule has 0 atom stereocenters. The molecule has 8 heteroatoms. The number of piperidine rings is 1. The molecule has 1 aromatic rings. The van der Waals surface area contributed by atoms with E-state index in [1.807, 2.05) is 0 Å². The Labute approximate surface area is 150 Å². The first kappa shape index (κ1) is 20.9. The maximum Gasteiger partial charge on any atom is 0.243 e. The van der Waals surface area contributed by atoms with E-state index in [0.717, 1.165) is 24.8 Å². The van der Waals surface area contributed by atoms with Gasteiger partial charge in [-0.1, -0.05) is 18.6 Å². The number of nitrogens with one attached hydrogen (secondary N) is 1. The molecule has 1 fully saturated rings. The first-order chi connectivity index (χ1) is 11.0. The monoisotopic (exact) mass is 375 g/mol. The topological polar surface area (TPSA) is 92.5 Å². The number of carbonyl (C=O) groups excluding carboxylic acids is 1. The number of amides is 1. The van der Waals surface area contributed by atoms with E-state index in [4.69, 9.17) is 5.73 Å². The Balaban J connectivity index is 0.00000288. The second-order valence-electron chi connectivity index (χ2n) is 5.75. The number of aryl methyl sites for hydroxylation is 1. The van der Waals surface area contributed by atoms with Gasteiger partial charge in [-0.2, -0.15) is 4.31 Å². The van der Waals surface area contributed by atoms with E-state index in [1.165, 1.54) is 0 Å². The van der Waals surface area contributed by atoms with E-state index in [9.17, 15) is 13.2 Å². The number of carbonyl (C=O) groups is 1. The SMILES string of the molecule is Cl.NCCNC(=O)CCc1ccc(S(=O)(=O)N2CCCCC2)cc1. The molecule has 24 heavy (non-hydrogen) atoms. The van der Waals surface area contributed by atoms with Gasteiger partial charge in [0.25, 0.3) is 0 Å². The quantitative estimate of drug-likeness (QED) is 0.751. The highest BCUT2D eigenvalue weighted by molar-refractivity contribution is 7.89. The molecular formula is C16H26ClN3O3S. The van der Waals surface area contributed by atoms with Crippen LogP contribution in [0.1, 0.15) is 31.2 Å². The van der Waals surface area contributed by atoms with Crippen molar-refractivity contribution in [2.24, 2.45) is 5.73 Å². The van der Waals surface area contributed by atoms with Gasteiger partial charge in [-0.25, -0.2) is 8.42 Å². The smallest absolute Gasteiger partial charge is 0.243 e. The molecule has 6 nitrogen and oxygen atoms in total. The molecule has 0 spiro atoms. The van der Waals surface area contributed by atoms with Crippen LogP contribution in [0.3, 0.4) is 0 Å². The molecule has 1 aliphatic heterocycles. The fraction of sp³-hybridized carbons (Fsp3) is 0.562. The first-order valence-electron chi connectivity index (χ1n) is 8.10. The van der Waals surface area contributed by atoms with E-state index in [2.05, 4.69) is 5.32 Å². The average molecular weight is 376 g/mol. The summed E-state index contributed by atoms with van der Waals surface area (Å²) in [5.41, 5.74) is 6.28. The highest BCUT2D eigenvalue weighted by Crippen LogP contribution is 2.21. The summed E-state index contributed by atoms with van der Waals surface area (Å²) < 4.78 is 26.6. The number of halogens is 1. The molecule has 0 bridgehead atoms. The van der Waals surface area contributed by atoms with Gasteiger partial charge in [0.1, 0.15) is 0 Å². The zero-order chi connectivity index (χ0) is 16.7. The van der Waals surface area contributed by atoms with Gasteiger partial charge >= 0.3 is 0 Å². The van der Waals surface area contributed by atoms with Crippen LogP contribution < -0.4 is 11.1 Å². The molecule has 1 amide bonds. The fourth-order valence-electron chi connectivity index (χ4n) is 2.64. The Bertz CT molecular complexity index is 614. The Morgan fingerprint density at radius 3 is 2.33 bits per heavy atom. The van der Waals surface area contributed by atoms with Crippen molar-refractivity contribution < 1.29 is 13.2 Å². The third kappa shape index (κ3) is 5.73. The second kappa shape index (κ2) is 9.98. The second-order valence-corrected chi connectivity index (χ2v) is 7.69. The minimum Gasteiger partial charge on any atom is -0.355 e. The molecule has 136 valence electrons. The number of benzene rings is 1. The molecule has 3 N–H and O–H groups in total. The van der Waals surface area contributed by atoms with Gasteiger partial charge < -0.3 is 11.1 Å². The predicted molar refractivity (Wildman–Crippen MR) is 96.7 cm³/mol. The van der Waals surface area contributed by atoms with Crippen molar-refractivity contribution in [2.75, 3.05) is 26.2 Å². The van der Waals surface area contributed by atoms with Crippen LogP contribution in [0.25, 0.3) is 0 Å². The van der Waals surface area contributed by atoms with Crippen LogP contribution in [-0.4, -0.2) is 44.8 Å². The van der Waals surface area contributed by atoms with E-state index >= 15 is 0 Å². The van der Waals surface area contributed by atoms with Crippen LogP contribution in [0.5, 0.6) is 0 Å². The van der Waals surface area contributed by atoms with Gasteiger partial charge in [-0.05, 0) is 37.0 Å². The molecule has 1 heterocycles. The molecule has 0 saturated carbocycles. The number of sulfonamides is 1. The van der Waals surface area contributed by atoms with Crippen molar-refractivity contribution in [3.05, 3.63) is 29.8 Å². The minimum absolute atomic E-state index is 0. The number of rotatable bonds is 7. The standard InChI is InChI=1S/C16H25N3O3S.ClH/c17-10-11-18-16(20)9-6-14-4-7-15(8-5-14)23(21,22)19-12-2-1-3-13-19;/h4-5,7-8H,1-3,6,9-13,17H2,(H,18,20);1H. The number of nitrogens with zero attached hydrogens (tertiary/aromatic N) is 1. The van der Waals surface area contributed by atoms with Gasteiger partial charge in [0.05, 0.1) is 4.90 Å². The lowest BCUT2D eigenvalue weighted by Crippen LogP contribution is -2.35. The Morgan fingerprint density at radius 2 is 1.75 bits per heavy atom. The maximum atomic E-state index is 12.5. The van der Waals surface area contributed by atoms with Gasteiger partial charge in [0.2, 0.25) is 15.9 Å². The van der Waals surface area contributed by atoms with E-state index in [1.54, 1.807) is 28.6 Å². The highest BCUT2D eigenvalue weighted by atomic mass is 35.5. The zero-order valence-electron chi connectivity index (χ0n) is 13.7. The summed E-state index contributed by atoms with van der Waals surface area (Å²) in [4.78, 5) is 11.9. The Hall–Kier alpha value is -1.15. The average Bonchev–Trinajstić information content (AvgIpc) is 2.59. The summed E-state index contributed by atoms with van der Waals surface area (Å²) >= 11 is 0. The van der Waals surface area contributed by atoms with Crippen molar-refractivity contribution in [1.82, 2.24) is 9.62 Å². The third-order valence-electron chi connectivity index (χ3n) is 3.98. The van der Waals surface area contributed by atoms with Crippen molar-refractivity contribution in [1.29, 1.82) is 0 Å². The van der Waals surface area contributed by atoms with E-state index < -0.39 is 10.0 Å². The highest BCUT2D eigenvalue weighted by Gasteiger charge is 2.25. The molecule has 1 saturated heterocycles. The molecule has 1 aromatic carbocycles. The molecule has 1 aliphatic rings. The van der Waals surface area contributed by atoms with Crippen molar-refractivity contribution in [3.63, 3.8) is 0 Å². The normalized spacial score (nSPS) is 15.5. The lowest BCUT2D eigenvalue weighted by atomic mass is 10.1. The Kier molecular flexibility index (Phi) is 8.69. The van der Waals surface area contributed by atoms with E-state index in [0.29, 0.717) is 43.9 Å². The van der Waals surface area contributed by atoms with Crippen molar-refractivity contribution >= 4 is 28.3 Å². The molecule has 0 aliphatic carbocycles. The summed E-state index contributed by atoms with van der Waals surface area (Å²) in [6.07, 6.45) is 3.90. The largest absolute Gasteiger partial charge is 0.355 e. The van der Waals surface area contributed by atoms with Crippen LogP contribution in [0.4, 0.5) is 0 Å². The van der Waals surface area contributed by atoms with Crippen LogP contribution in [0.2, 0.25) is 0 Å². The molecule has 0 aromatic heterocycles. The van der Waals surface area contributed by atoms with Crippen molar-refractivity contribution in [3.8, 4) is 0 Å². The zero-order valence-corrected chi connectivity index (χ0v) is 15.4. The summed E-state index contributed by atoms with van der Waals surface area (Å²) in [5.74, 6) is -0.0412. The van der Waals surface area contributed by atoms with Crippen molar-refractivity contribution in [2.45, 2.75) is 37.0 Å². The number of hydrogen-bond acceptors (Lipinski definition) is 4. The van der Waals surface area contributed by atoms with Gasteiger partial charge in [-0.15, -0.1) is 12.4 Å². The van der Waals surface area contributed by atoms with Gasteiger partial charge in [0, 0.05) is 32.6 Å². The van der Waals surface area contributed by atoms with Gasteiger partial charge in [-0.3, -0.25) is 4.79 Å². The third-order valence-corrected chi connectivity index (χ3v) is 5.90. The van der Waals surface area contributed by atoms with Crippen LogP contribution in [0, 0.1) is 0 Å². The van der Waals surface area contributed by atoms with Crippen LogP contribution in [0.15, 0.2) is 29.2 Å². The van der Waals surface area contributed by atoms with Gasteiger partial charge in [0.15, 0.2) is 0 Å². The van der Waals surface area contributed by atoms with Crippen LogP contribution in [-0.2, 0) is 21.2 Å². The minimum atomic E-state index is -3.38.